The van der Waals surface area contributed by atoms with Gasteiger partial charge in [0.1, 0.15) is 5.82 Å². The number of anilines is 5. The lowest BCUT2D eigenvalue weighted by atomic mass is 10.1. The quantitative estimate of drug-likeness (QED) is 0.0261. The average Bonchev–Trinajstić information content (AvgIpc) is 1.77. The van der Waals surface area contributed by atoms with Gasteiger partial charge in [0.25, 0.3) is 0 Å². The molecule has 5 aromatic carbocycles. The molecule has 10 aromatic heterocycles. The second kappa shape index (κ2) is 48.5. The number of aromatic amines is 5. The Morgan fingerprint density at radius 1 is 0.300 bits per heavy atom. The normalized spacial score (nSPS) is 15.2. The van der Waals surface area contributed by atoms with E-state index in [4.69, 9.17) is 41.9 Å². The van der Waals surface area contributed by atoms with Crippen LogP contribution in [0.4, 0.5) is 39.8 Å². The highest BCUT2D eigenvalue weighted by atomic mass is 35.5. The number of H-pyrrole nitrogens is 5. The Hall–Kier alpha value is -13.3. The third-order valence-corrected chi connectivity index (χ3v) is 27.2. The molecule has 0 saturated carbocycles. The van der Waals surface area contributed by atoms with E-state index in [-0.39, 0.29) is 5.82 Å². The van der Waals surface area contributed by atoms with Crippen LogP contribution in [0.25, 0.3) is 59.4 Å². The van der Waals surface area contributed by atoms with Gasteiger partial charge in [0, 0.05) is 275 Å². The minimum atomic E-state index is -0.181. The van der Waals surface area contributed by atoms with E-state index in [9.17, 15) is 4.39 Å². The fourth-order valence-corrected chi connectivity index (χ4v) is 19.3. The van der Waals surface area contributed by atoms with Crippen LogP contribution in [-0.2, 0) is 32.1 Å². The van der Waals surface area contributed by atoms with Crippen molar-refractivity contribution in [1.82, 2.24) is 99.3 Å². The highest BCUT2D eigenvalue weighted by Gasteiger charge is 2.27. The summed E-state index contributed by atoms with van der Waals surface area (Å²) in [5.74, 6) is 6.80. The summed E-state index contributed by atoms with van der Waals surface area (Å²) in [6.07, 6.45) is 21.4. The van der Waals surface area contributed by atoms with Crippen molar-refractivity contribution in [3.05, 3.63) is 242 Å². The maximum atomic E-state index is 13.5. The summed E-state index contributed by atoms with van der Waals surface area (Å²) in [6.45, 7) is 44.3. The zero-order valence-corrected chi connectivity index (χ0v) is 83.7. The van der Waals surface area contributed by atoms with E-state index in [2.05, 4.69) is 209 Å². The smallest absolute Gasteiger partial charge is 0.228 e. The zero-order valence-electron chi connectivity index (χ0n) is 82.9. The molecule has 5 N–H and O–H groups in total. The molecule has 31 nitrogen and oxygen atoms in total. The number of nitrogens with one attached hydrogen (secondary N) is 5. The predicted molar refractivity (Wildman–Crippen MR) is 559 cm³/mol. The Bertz CT molecular complexity index is 6220. The van der Waals surface area contributed by atoms with E-state index < -0.39 is 0 Å². The summed E-state index contributed by atoms with van der Waals surface area (Å²) in [6, 6.07) is 41.2. The van der Waals surface area contributed by atoms with Crippen molar-refractivity contribution in [1.29, 1.82) is 0 Å². The molecule has 140 heavy (non-hydrogen) atoms. The van der Waals surface area contributed by atoms with Crippen LogP contribution in [0.5, 0.6) is 29.4 Å². The number of hydrogen-bond acceptors (Lipinski definition) is 25. The maximum Gasteiger partial charge on any atom is 0.228 e. The monoisotopic (exact) mass is 1920 g/mol. The van der Waals surface area contributed by atoms with Crippen molar-refractivity contribution in [2.24, 2.45) is 0 Å². The molecule has 20 rings (SSSR count). The fourth-order valence-electron chi connectivity index (χ4n) is 19.2. The molecule has 15 aromatic rings. The van der Waals surface area contributed by atoms with E-state index in [1.54, 1.807) is 47.7 Å². The van der Waals surface area contributed by atoms with Crippen LogP contribution in [0, 0.1) is 53.9 Å². The summed E-state index contributed by atoms with van der Waals surface area (Å²) in [4.78, 5) is 89.3. The SMILES string of the molecule is COc1cc(C)nc(N2CCN(CCCc3c[nH]c4ccc(C)cc34)CC2)n1.COc1cc(C)nc(N2CCN(CCCc3c[nH]c4ccc(Cl)cc34)CC2)n1.COc1cc(C)nc(N2CCN(CCCc3c[nH]c4ccc(F)cc34)CC2)n1.COc1cc(C)nc(N2CCN(CCCc3c[nH]c4ccccc34)CC2)n1.[C-]#[N+]c1ccc2[nH]cc(CCCN3CCN(c4nc(C)cc(OC)n4)CC3)c2c1. The molecule has 0 bridgehead atoms. The summed E-state index contributed by atoms with van der Waals surface area (Å²) in [5, 5.41) is 6.93. The third kappa shape index (κ3) is 26.8. The minimum absolute atomic E-state index is 0.181. The van der Waals surface area contributed by atoms with E-state index in [1.165, 1.54) is 84.9 Å². The van der Waals surface area contributed by atoms with Crippen LogP contribution in [0.3, 0.4) is 0 Å². The maximum absolute atomic E-state index is 13.5. The van der Waals surface area contributed by atoms with E-state index in [1.807, 2.05) is 101 Å². The molecule has 0 radical (unpaired) electrons. The molecule has 5 saturated heterocycles. The summed E-state index contributed by atoms with van der Waals surface area (Å²) in [7, 11) is 8.21. The zero-order chi connectivity index (χ0) is 97.4. The second-order valence-electron chi connectivity index (χ2n) is 36.8. The number of piperazine rings is 5. The van der Waals surface area contributed by atoms with Crippen molar-refractivity contribution in [2.75, 3.05) is 224 Å². The molecule has 15 heterocycles. The van der Waals surface area contributed by atoms with Crippen LogP contribution in [-0.4, -0.2) is 298 Å². The molecule has 5 aliphatic rings. The summed E-state index contributed by atoms with van der Waals surface area (Å²) in [5.41, 5.74) is 19.1. The Labute approximate surface area is 825 Å². The first-order valence-corrected chi connectivity index (χ1v) is 49.6. The Morgan fingerprint density at radius 3 is 0.879 bits per heavy atom. The van der Waals surface area contributed by atoms with Gasteiger partial charge >= 0.3 is 0 Å². The molecule has 33 heteroatoms. The molecule has 5 aliphatic heterocycles. The number of aromatic nitrogens is 15. The third-order valence-electron chi connectivity index (χ3n) is 27.0. The largest absolute Gasteiger partial charge is 0.481 e. The lowest BCUT2D eigenvalue weighted by molar-refractivity contribution is 0.253. The molecule has 0 atom stereocenters. The first-order valence-electron chi connectivity index (χ1n) is 49.2. The van der Waals surface area contributed by atoms with Gasteiger partial charge in [0.2, 0.25) is 59.1 Å². The highest BCUT2D eigenvalue weighted by Crippen LogP contribution is 2.32. The van der Waals surface area contributed by atoms with E-state index in [0.29, 0.717) is 35.1 Å². The summed E-state index contributed by atoms with van der Waals surface area (Å²) >= 11 is 6.15. The number of hydrogen-bond donors (Lipinski definition) is 5. The minimum Gasteiger partial charge on any atom is -0.481 e. The number of aryl methyl sites for hydroxylation is 11. The molecule has 0 unspecified atom stereocenters. The Kier molecular flexibility index (Phi) is 34.6. The topological polar surface area (TPSA) is 291 Å². The van der Waals surface area contributed by atoms with E-state index >= 15 is 0 Å². The molecular weight excluding hydrogens is 1780 g/mol. The standard InChI is InChI=1S/C22H26N6O.C22H29N5O.C21H26ClN5O.C21H26FN5O.C21H27N5O/c1-16-13-21(29-3)26-22(25-16)28-11-9-27(10-12-28)8-4-5-17-15-24-20-7-6-18(23-2)14-19(17)20;1-16-6-7-20-19(13-16)18(15-23-20)5-4-8-26-9-11-27(12-10-26)22-24-17(2)14-21(25-22)28-3;2*1-15-12-20(28-2)25-21(24-15)27-10-8-26(9-11-27)7-3-4-16-14-23-19-6-5-17(22)13-18(16)19;1-16-14-20(27-2)24-21(23-16)26-12-10-25(11-13-26)9-5-6-17-15-22-19-8-4-3-7-18(17)19/h6-7,13-15,24H,4-5,8-12H2,1,3H3;6-7,13-15,23H,4-5,8-12H2,1-3H3;2*5-6,12-14,23H,3-4,7-11H2,1-2H3;3-4,7-8,14-15,22H,5-6,9-13H2,1-2H3. The van der Waals surface area contributed by atoms with Gasteiger partial charge in [-0.25, -0.2) is 34.2 Å². The van der Waals surface area contributed by atoms with Crippen LogP contribution < -0.4 is 48.2 Å². The van der Waals surface area contributed by atoms with Gasteiger partial charge in [-0.15, -0.1) is 0 Å². The lowest BCUT2D eigenvalue weighted by Gasteiger charge is -2.34. The first-order chi connectivity index (χ1) is 68.2. The number of fused-ring (bicyclic) bond motifs is 5. The van der Waals surface area contributed by atoms with Gasteiger partial charge in [0.15, 0.2) is 5.69 Å². The molecule has 736 valence electrons. The molecule has 5 fully saturated rings. The first kappa shape index (κ1) is 99.7. The fraction of sp³-hybridized carbons (Fsp3) is 0.430. The molecular formula is C107H134ClFN26O5. The van der Waals surface area contributed by atoms with Gasteiger partial charge in [-0.05, 0) is 238 Å². The van der Waals surface area contributed by atoms with Crippen molar-refractivity contribution in [3.63, 3.8) is 0 Å². The second-order valence-corrected chi connectivity index (χ2v) is 37.2. The van der Waals surface area contributed by atoms with Crippen LogP contribution in [0.15, 0.2) is 158 Å². The van der Waals surface area contributed by atoms with Crippen LogP contribution in [0.2, 0.25) is 5.02 Å². The van der Waals surface area contributed by atoms with E-state index in [0.717, 1.165) is 300 Å². The number of halogens is 2. The number of ether oxygens (including phenoxy) is 5. The Morgan fingerprint density at radius 2 is 0.564 bits per heavy atom. The van der Waals surface area contributed by atoms with Crippen molar-refractivity contribution in [2.45, 2.75) is 106 Å². The van der Waals surface area contributed by atoms with Gasteiger partial charge < -0.3 is 73.1 Å². The highest BCUT2D eigenvalue weighted by molar-refractivity contribution is 6.31. The predicted octanol–water partition coefficient (Wildman–Crippen LogP) is 16.8. The molecule has 0 amide bonds. The molecule has 0 aliphatic carbocycles. The number of rotatable bonds is 30. The average molecular weight is 1920 g/mol. The van der Waals surface area contributed by atoms with Gasteiger partial charge in [-0.2, -0.15) is 24.9 Å². The van der Waals surface area contributed by atoms with Crippen LogP contribution >= 0.6 is 11.6 Å². The molecule has 0 spiro atoms. The number of methoxy groups -OCH3 is 5. The van der Waals surface area contributed by atoms with Crippen molar-refractivity contribution >= 4 is 102 Å². The number of nitrogens with zero attached hydrogens (tertiary/aromatic N) is 21. The Balaban J connectivity index is 0.000000126. The number of para-hydroxylation sites is 1. The van der Waals surface area contributed by atoms with Gasteiger partial charge in [0.05, 0.1) is 42.1 Å². The lowest BCUT2D eigenvalue weighted by Crippen LogP contribution is -2.47. The van der Waals surface area contributed by atoms with Crippen LogP contribution in [0.1, 0.15) is 94.0 Å². The van der Waals surface area contributed by atoms with Crippen molar-refractivity contribution < 1.29 is 28.1 Å². The van der Waals surface area contributed by atoms with Gasteiger partial charge in [-0.1, -0.05) is 47.5 Å². The number of benzene rings is 5. The summed E-state index contributed by atoms with van der Waals surface area (Å²) < 4.78 is 39.9. The van der Waals surface area contributed by atoms with Gasteiger partial charge in [-0.3, -0.25) is 24.5 Å². The van der Waals surface area contributed by atoms with Crippen molar-refractivity contribution in [3.8, 4) is 29.4 Å².